The second kappa shape index (κ2) is 6.75. The van der Waals surface area contributed by atoms with Crippen molar-refractivity contribution >= 4 is 23.6 Å². The number of piperidine rings is 1. The number of halogens is 1. The number of carbonyl (C=O) groups excluding carboxylic acids is 1. The van der Waals surface area contributed by atoms with Gasteiger partial charge in [-0.15, -0.1) is 0 Å². The van der Waals surface area contributed by atoms with Crippen LogP contribution in [0.3, 0.4) is 0 Å². The van der Waals surface area contributed by atoms with Crippen molar-refractivity contribution in [2.24, 2.45) is 0 Å². The summed E-state index contributed by atoms with van der Waals surface area (Å²) >= 11 is 6.08. The molecule has 5 nitrogen and oxygen atoms in total. The van der Waals surface area contributed by atoms with Gasteiger partial charge < -0.3 is 4.90 Å². The first-order valence-electron chi connectivity index (χ1n) is 7.31. The highest BCUT2D eigenvalue weighted by molar-refractivity contribution is 6.32. The molecule has 3 rings (SSSR count). The van der Waals surface area contributed by atoms with Crippen LogP contribution < -0.4 is 0 Å². The highest BCUT2D eigenvalue weighted by Gasteiger charge is 2.23. The number of hydrogen-bond acceptors (Lipinski definition) is 3. The first-order valence-corrected chi connectivity index (χ1v) is 7.69. The van der Waals surface area contributed by atoms with E-state index < -0.39 is 0 Å². The van der Waals surface area contributed by atoms with Crippen LogP contribution in [-0.4, -0.2) is 38.9 Å². The van der Waals surface area contributed by atoms with E-state index in [4.69, 9.17) is 11.6 Å². The molecule has 0 spiro atoms. The Morgan fingerprint density at radius 3 is 2.55 bits per heavy atom. The average Bonchev–Trinajstić information content (AvgIpc) is 3.08. The molecule has 1 fully saturated rings. The van der Waals surface area contributed by atoms with Crippen LogP contribution in [-0.2, 0) is 4.79 Å². The molecule has 0 radical (unpaired) electrons. The number of nitrogens with zero attached hydrogens (tertiary/aromatic N) is 4. The second-order valence-corrected chi connectivity index (χ2v) is 5.67. The third kappa shape index (κ3) is 3.36. The molecule has 2 aromatic rings. The van der Waals surface area contributed by atoms with E-state index in [-0.39, 0.29) is 11.9 Å². The molecule has 6 heteroatoms. The molecule has 0 atom stereocenters. The quantitative estimate of drug-likeness (QED) is 0.818. The van der Waals surface area contributed by atoms with Crippen LogP contribution in [0.5, 0.6) is 0 Å². The first-order chi connectivity index (χ1) is 10.7. The SMILES string of the molecule is O=C(/C=C/c1ccccc1Cl)N1CCC(n2nccn2)CC1. The molecule has 0 N–H and O–H groups in total. The minimum atomic E-state index is 0.0202. The molecule has 1 aliphatic heterocycles. The van der Waals surface area contributed by atoms with Gasteiger partial charge >= 0.3 is 0 Å². The summed E-state index contributed by atoms with van der Waals surface area (Å²) in [4.78, 5) is 15.8. The van der Waals surface area contributed by atoms with Gasteiger partial charge in [0.25, 0.3) is 0 Å². The molecule has 1 aromatic heterocycles. The summed E-state index contributed by atoms with van der Waals surface area (Å²) in [5.41, 5.74) is 0.855. The van der Waals surface area contributed by atoms with Crippen LogP contribution in [0.1, 0.15) is 24.4 Å². The van der Waals surface area contributed by atoms with E-state index >= 15 is 0 Å². The van der Waals surface area contributed by atoms with Gasteiger partial charge in [0.1, 0.15) is 0 Å². The minimum Gasteiger partial charge on any atom is -0.339 e. The van der Waals surface area contributed by atoms with Crippen molar-refractivity contribution in [3.05, 3.63) is 53.3 Å². The lowest BCUT2D eigenvalue weighted by atomic mass is 10.1. The first kappa shape index (κ1) is 14.8. The van der Waals surface area contributed by atoms with E-state index in [0.717, 1.165) is 31.5 Å². The smallest absolute Gasteiger partial charge is 0.246 e. The number of likely N-dealkylation sites (tertiary alicyclic amines) is 1. The van der Waals surface area contributed by atoms with Crippen molar-refractivity contribution < 1.29 is 4.79 Å². The maximum Gasteiger partial charge on any atom is 0.246 e. The van der Waals surface area contributed by atoms with Gasteiger partial charge in [0.15, 0.2) is 0 Å². The van der Waals surface area contributed by atoms with Crippen LogP contribution in [0.2, 0.25) is 5.02 Å². The number of aromatic nitrogens is 3. The topological polar surface area (TPSA) is 51.0 Å². The van der Waals surface area contributed by atoms with Crippen LogP contribution >= 0.6 is 11.6 Å². The van der Waals surface area contributed by atoms with E-state index in [9.17, 15) is 4.79 Å². The van der Waals surface area contributed by atoms with E-state index in [1.165, 1.54) is 0 Å². The molecule has 1 amide bonds. The normalized spacial score (nSPS) is 16.3. The van der Waals surface area contributed by atoms with E-state index in [2.05, 4.69) is 10.2 Å². The molecular weight excluding hydrogens is 300 g/mol. The van der Waals surface area contributed by atoms with Gasteiger partial charge in [-0.05, 0) is 30.5 Å². The highest BCUT2D eigenvalue weighted by atomic mass is 35.5. The zero-order valence-electron chi connectivity index (χ0n) is 12.1. The molecule has 1 aliphatic rings. The molecule has 0 aliphatic carbocycles. The molecule has 22 heavy (non-hydrogen) atoms. The summed E-state index contributed by atoms with van der Waals surface area (Å²) in [7, 11) is 0. The fraction of sp³-hybridized carbons (Fsp3) is 0.312. The maximum atomic E-state index is 12.2. The zero-order valence-corrected chi connectivity index (χ0v) is 12.9. The Labute approximate surface area is 134 Å². The largest absolute Gasteiger partial charge is 0.339 e. The number of carbonyl (C=O) groups is 1. The van der Waals surface area contributed by atoms with Gasteiger partial charge in [-0.1, -0.05) is 29.8 Å². The van der Waals surface area contributed by atoms with Crippen molar-refractivity contribution in [1.82, 2.24) is 19.9 Å². The summed E-state index contributed by atoms with van der Waals surface area (Å²) in [5.74, 6) is 0.0202. The Hall–Kier alpha value is -2.14. The fourth-order valence-corrected chi connectivity index (χ4v) is 2.81. The van der Waals surface area contributed by atoms with Crippen molar-refractivity contribution in [2.75, 3.05) is 13.1 Å². The highest BCUT2D eigenvalue weighted by Crippen LogP contribution is 2.21. The lowest BCUT2D eigenvalue weighted by Crippen LogP contribution is -2.38. The van der Waals surface area contributed by atoms with E-state index in [0.29, 0.717) is 5.02 Å². The Kier molecular flexibility index (Phi) is 4.53. The molecular formula is C16H17ClN4O. The van der Waals surface area contributed by atoms with Gasteiger partial charge in [-0.25, -0.2) is 0 Å². The number of amides is 1. The van der Waals surface area contributed by atoms with E-state index in [1.807, 2.05) is 29.2 Å². The van der Waals surface area contributed by atoms with Gasteiger partial charge in [0, 0.05) is 24.2 Å². The minimum absolute atomic E-state index is 0.0202. The summed E-state index contributed by atoms with van der Waals surface area (Å²) < 4.78 is 0. The van der Waals surface area contributed by atoms with E-state index in [1.54, 1.807) is 29.3 Å². The lowest BCUT2D eigenvalue weighted by Gasteiger charge is -2.30. The Balaban J connectivity index is 1.57. The van der Waals surface area contributed by atoms with Crippen molar-refractivity contribution in [3.8, 4) is 0 Å². The predicted octanol–water partition coefficient (Wildman–Crippen LogP) is 2.81. The average molecular weight is 317 g/mol. The summed E-state index contributed by atoms with van der Waals surface area (Å²) in [6.07, 6.45) is 8.48. The predicted molar refractivity (Wildman–Crippen MR) is 85.4 cm³/mol. The number of benzene rings is 1. The molecule has 114 valence electrons. The number of hydrogen-bond donors (Lipinski definition) is 0. The molecule has 1 saturated heterocycles. The van der Waals surface area contributed by atoms with Crippen molar-refractivity contribution in [2.45, 2.75) is 18.9 Å². The maximum absolute atomic E-state index is 12.2. The van der Waals surface area contributed by atoms with Gasteiger partial charge in [-0.3, -0.25) is 4.79 Å². The standard InChI is InChI=1S/C16H17ClN4O/c17-15-4-2-1-3-13(15)5-6-16(22)20-11-7-14(8-12-20)21-18-9-10-19-21/h1-6,9-10,14H,7-8,11-12H2/b6-5+. The van der Waals surface area contributed by atoms with Crippen molar-refractivity contribution in [3.63, 3.8) is 0 Å². The molecule has 0 bridgehead atoms. The van der Waals surface area contributed by atoms with Crippen LogP contribution in [0.15, 0.2) is 42.7 Å². The number of rotatable bonds is 3. The van der Waals surface area contributed by atoms with Crippen LogP contribution in [0, 0.1) is 0 Å². The molecule has 1 aromatic carbocycles. The Morgan fingerprint density at radius 2 is 1.86 bits per heavy atom. The van der Waals surface area contributed by atoms with Crippen LogP contribution in [0.25, 0.3) is 6.08 Å². The van der Waals surface area contributed by atoms with Gasteiger partial charge in [0.05, 0.1) is 18.4 Å². The van der Waals surface area contributed by atoms with Gasteiger partial charge in [-0.2, -0.15) is 15.0 Å². The third-order valence-corrected chi connectivity index (χ3v) is 4.19. The zero-order chi connectivity index (χ0) is 15.4. The Morgan fingerprint density at radius 1 is 1.18 bits per heavy atom. The van der Waals surface area contributed by atoms with Crippen LogP contribution in [0.4, 0.5) is 0 Å². The third-order valence-electron chi connectivity index (χ3n) is 3.85. The summed E-state index contributed by atoms with van der Waals surface area (Å²) in [6, 6.07) is 7.76. The Bertz CT molecular complexity index is 661. The summed E-state index contributed by atoms with van der Waals surface area (Å²) in [6.45, 7) is 1.44. The molecule has 0 unspecified atom stereocenters. The van der Waals surface area contributed by atoms with Crippen molar-refractivity contribution in [1.29, 1.82) is 0 Å². The summed E-state index contributed by atoms with van der Waals surface area (Å²) in [5, 5.41) is 8.99. The second-order valence-electron chi connectivity index (χ2n) is 5.26. The van der Waals surface area contributed by atoms with Gasteiger partial charge in [0.2, 0.25) is 5.91 Å². The molecule has 0 saturated carbocycles. The monoisotopic (exact) mass is 316 g/mol. The fourth-order valence-electron chi connectivity index (χ4n) is 2.61. The molecule has 2 heterocycles. The lowest BCUT2D eigenvalue weighted by molar-refractivity contribution is -0.127.